The van der Waals surface area contributed by atoms with Gasteiger partial charge in [0.2, 0.25) is 0 Å². The summed E-state index contributed by atoms with van der Waals surface area (Å²) in [6.45, 7) is 1.03. The van der Waals surface area contributed by atoms with Crippen molar-refractivity contribution >= 4 is 5.82 Å². The van der Waals surface area contributed by atoms with Crippen LogP contribution in [-0.4, -0.2) is 16.7 Å². The van der Waals surface area contributed by atoms with Crippen molar-refractivity contribution in [3.63, 3.8) is 0 Å². The Morgan fingerprint density at radius 1 is 1.17 bits per heavy atom. The number of hydrogen-bond acceptors (Lipinski definition) is 6. The Morgan fingerprint density at radius 3 is 2.71 bits per heavy atom. The maximum Gasteiger partial charge on any atom is 0.170 e. The highest BCUT2D eigenvalue weighted by molar-refractivity contribution is 5.69. The quantitative estimate of drug-likeness (QED) is 0.535. The number of anilines is 1. The summed E-state index contributed by atoms with van der Waals surface area (Å²) < 4.78 is 5.38. The molecule has 24 heavy (non-hydrogen) atoms. The summed E-state index contributed by atoms with van der Waals surface area (Å²) >= 11 is 0. The number of nitrogens with zero attached hydrogens (tertiary/aromatic N) is 3. The zero-order chi connectivity index (χ0) is 16.8. The minimum Gasteiger partial charge on any atom is -0.383 e. The number of hydrogen-bond donors (Lipinski definition) is 2. The summed E-state index contributed by atoms with van der Waals surface area (Å²) in [6.07, 6.45) is 2.32. The summed E-state index contributed by atoms with van der Waals surface area (Å²) in [6, 6.07) is 15.8. The standard InChI is InChI=1S/C18H17N5O/c19-7-9-21-12-14-5-3-13(4-6-14)10-15-11-17(24-23-15)16-2-1-8-22-18(16)20/h1-6,8,11,21H,9-10,12H2,(H2,20,22). The molecule has 2 aromatic heterocycles. The van der Waals surface area contributed by atoms with E-state index in [2.05, 4.69) is 33.7 Å². The topological polar surface area (TPSA) is 101 Å². The number of pyridine rings is 1. The monoisotopic (exact) mass is 319 g/mol. The first-order valence-electron chi connectivity index (χ1n) is 7.58. The van der Waals surface area contributed by atoms with E-state index in [0.717, 1.165) is 22.4 Å². The second kappa shape index (κ2) is 7.40. The molecule has 3 N–H and O–H groups in total. The average Bonchev–Trinajstić information content (AvgIpc) is 3.05. The van der Waals surface area contributed by atoms with Crippen LogP contribution in [0.4, 0.5) is 5.82 Å². The second-order valence-corrected chi connectivity index (χ2v) is 5.37. The van der Waals surface area contributed by atoms with Crippen LogP contribution in [-0.2, 0) is 13.0 Å². The number of aromatic nitrogens is 2. The number of nitrogens with one attached hydrogen (secondary N) is 1. The number of rotatable bonds is 6. The fourth-order valence-electron chi connectivity index (χ4n) is 2.39. The van der Waals surface area contributed by atoms with Crippen LogP contribution >= 0.6 is 0 Å². The Bertz CT molecular complexity index is 848. The van der Waals surface area contributed by atoms with Crippen LogP contribution in [0.25, 0.3) is 11.3 Å². The zero-order valence-electron chi connectivity index (χ0n) is 13.1. The first kappa shape index (κ1) is 15.7. The van der Waals surface area contributed by atoms with Gasteiger partial charge in [0.05, 0.1) is 23.9 Å². The molecule has 1 aromatic carbocycles. The number of benzene rings is 1. The van der Waals surface area contributed by atoms with Gasteiger partial charge in [-0.1, -0.05) is 29.4 Å². The zero-order valence-corrected chi connectivity index (χ0v) is 13.1. The van der Waals surface area contributed by atoms with Gasteiger partial charge in [0.25, 0.3) is 0 Å². The summed E-state index contributed by atoms with van der Waals surface area (Å²) in [5.41, 5.74) is 9.71. The highest BCUT2D eigenvalue weighted by Gasteiger charge is 2.10. The van der Waals surface area contributed by atoms with Crippen molar-refractivity contribution in [2.24, 2.45) is 0 Å². The maximum atomic E-state index is 8.51. The van der Waals surface area contributed by atoms with E-state index >= 15 is 0 Å². The Balaban J connectivity index is 1.67. The molecule has 0 unspecified atom stereocenters. The molecule has 120 valence electrons. The van der Waals surface area contributed by atoms with Crippen molar-refractivity contribution in [3.8, 4) is 17.4 Å². The molecule has 0 aliphatic heterocycles. The van der Waals surface area contributed by atoms with Gasteiger partial charge in [0, 0.05) is 25.2 Å². The lowest BCUT2D eigenvalue weighted by Crippen LogP contribution is -2.12. The molecular formula is C18H17N5O. The van der Waals surface area contributed by atoms with E-state index in [1.807, 2.05) is 30.3 Å². The van der Waals surface area contributed by atoms with Crippen molar-refractivity contribution < 1.29 is 4.52 Å². The summed E-state index contributed by atoms with van der Waals surface area (Å²) in [5.74, 6) is 1.04. The third-order valence-electron chi connectivity index (χ3n) is 3.60. The van der Waals surface area contributed by atoms with Crippen LogP contribution in [0.15, 0.2) is 53.2 Å². The van der Waals surface area contributed by atoms with Gasteiger partial charge in [-0.05, 0) is 23.3 Å². The number of nitrogen functional groups attached to an aromatic ring is 1. The smallest absolute Gasteiger partial charge is 0.170 e. The highest BCUT2D eigenvalue weighted by Crippen LogP contribution is 2.25. The van der Waals surface area contributed by atoms with E-state index in [4.69, 9.17) is 15.5 Å². The van der Waals surface area contributed by atoms with Crippen molar-refractivity contribution in [2.45, 2.75) is 13.0 Å². The third-order valence-corrected chi connectivity index (χ3v) is 3.60. The lowest BCUT2D eigenvalue weighted by atomic mass is 10.1. The molecule has 3 aromatic rings. The molecule has 0 atom stereocenters. The summed E-state index contributed by atoms with van der Waals surface area (Å²) in [5, 5.41) is 15.7. The minimum absolute atomic E-state index is 0.348. The molecule has 6 nitrogen and oxygen atoms in total. The van der Waals surface area contributed by atoms with Gasteiger partial charge in [-0.15, -0.1) is 0 Å². The first-order valence-corrected chi connectivity index (χ1v) is 7.58. The molecule has 0 bridgehead atoms. The van der Waals surface area contributed by atoms with E-state index in [1.54, 1.807) is 6.20 Å². The Labute approximate surface area is 139 Å². The normalized spacial score (nSPS) is 10.5. The molecule has 0 saturated heterocycles. The van der Waals surface area contributed by atoms with Gasteiger partial charge in [-0.3, -0.25) is 0 Å². The van der Waals surface area contributed by atoms with Crippen molar-refractivity contribution in [2.75, 3.05) is 12.3 Å². The minimum atomic E-state index is 0.348. The van der Waals surface area contributed by atoms with E-state index in [0.29, 0.717) is 31.1 Å². The largest absolute Gasteiger partial charge is 0.383 e. The predicted molar refractivity (Wildman–Crippen MR) is 90.7 cm³/mol. The van der Waals surface area contributed by atoms with Gasteiger partial charge in [0.1, 0.15) is 5.82 Å². The summed E-state index contributed by atoms with van der Waals surface area (Å²) in [7, 11) is 0. The first-order chi connectivity index (χ1) is 11.8. The Kier molecular flexibility index (Phi) is 4.84. The molecule has 0 radical (unpaired) electrons. The van der Waals surface area contributed by atoms with Gasteiger partial charge in [-0.25, -0.2) is 4.98 Å². The molecule has 6 heteroatoms. The van der Waals surface area contributed by atoms with Gasteiger partial charge in [0.15, 0.2) is 5.76 Å². The second-order valence-electron chi connectivity index (χ2n) is 5.37. The van der Waals surface area contributed by atoms with Crippen LogP contribution in [0.3, 0.4) is 0 Å². The summed E-state index contributed by atoms with van der Waals surface area (Å²) in [4.78, 5) is 4.05. The van der Waals surface area contributed by atoms with E-state index in [1.165, 1.54) is 0 Å². The van der Waals surface area contributed by atoms with Crippen LogP contribution in [0.1, 0.15) is 16.8 Å². The molecule has 0 fully saturated rings. The van der Waals surface area contributed by atoms with Crippen molar-refractivity contribution in [3.05, 3.63) is 65.5 Å². The number of nitrogens with two attached hydrogens (primary N) is 1. The molecule has 0 aliphatic rings. The van der Waals surface area contributed by atoms with E-state index in [9.17, 15) is 0 Å². The predicted octanol–water partition coefficient (Wildman–Crippen LogP) is 2.52. The van der Waals surface area contributed by atoms with E-state index < -0.39 is 0 Å². The molecule has 3 rings (SSSR count). The van der Waals surface area contributed by atoms with Crippen LogP contribution < -0.4 is 11.1 Å². The Morgan fingerprint density at radius 2 is 1.96 bits per heavy atom. The lowest BCUT2D eigenvalue weighted by Gasteiger charge is -2.03. The third kappa shape index (κ3) is 3.77. The molecule has 0 amide bonds. The van der Waals surface area contributed by atoms with Gasteiger partial charge >= 0.3 is 0 Å². The van der Waals surface area contributed by atoms with E-state index in [-0.39, 0.29) is 0 Å². The van der Waals surface area contributed by atoms with Crippen LogP contribution in [0.2, 0.25) is 0 Å². The number of nitriles is 1. The fraction of sp³-hybridized carbons (Fsp3) is 0.167. The molecule has 0 saturated carbocycles. The fourth-order valence-corrected chi connectivity index (χ4v) is 2.39. The van der Waals surface area contributed by atoms with Crippen molar-refractivity contribution in [1.29, 1.82) is 5.26 Å². The van der Waals surface area contributed by atoms with Crippen LogP contribution in [0.5, 0.6) is 0 Å². The van der Waals surface area contributed by atoms with Gasteiger partial charge in [-0.2, -0.15) is 5.26 Å². The molecular weight excluding hydrogens is 302 g/mol. The van der Waals surface area contributed by atoms with Crippen molar-refractivity contribution in [1.82, 2.24) is 15.5 Å². The molecule has 0 aliphatic carbocycles. The Hall–Kier alpha value is -3.17. The lowest BCUT2D eigenvalue weighted by molar-refractivity contribution is 0.425. The molecule has 2 heterocycles. The molecule has 0 spiro atoms. The van der Waals surface area contributed by atoms with Gasteiger partial charge < -0.3 is 15.6 Å². The average molecular weight is 319 g/mol. The maximum absolute atomic E-state index is 8.51. The van der Waals surface area contributed by atoms with Crippen LogP contribution in [0, 0.1) is 11.3 Å². The SMILES string of the molecule is N#CCNCc1ccc(Cc2cc(-c3cccnc3N)on2)cc1. The highest BCUT2D eigenvalue weighted by atomic mass is 16.5.